The van der Waals surface area contributed by atoms with Gasteiger partial charge < -0.3 is 24.2 Å². The quantitative estimate of drug-likeness (QED) is 0.640. The number of H-pyrrole nitrogens is 1. The zero-order valence-electron chi connectivity index (χ0n) is 21.7. The average molecular weight is 522 g/mol. The topological polar surface area (TPSA) is 117 Å². The third-order valence-electron chi connectivity index (χ3n) is 8.85. The van der Waals surface area contributed by atoms with E-state index in [9.17, 15) is 9.59 Å². The zero-order chi connectivity index (χ0) is 25.6. The minimum atomic E-state index is 0.0482. The number of pyridine rings is 1. The number of rotatable bonds is 5. The van der Waals surface area contributed by atoms with Crippen LogP contribution in [-0.4, -0.2) is 99.6 Å². The molecule has 3 saturated heterocycles. The number of aromatic nitrogens is 4. The van der Waals surface area contributed by atoms with Crippen LogP contribution in [0, 0.1) is 17.8 Å². The molecule has 0 spiro atoms. The van der Waals surface area contributed by atoms with Crippen molar-refractivity contribution in [1.29, 1.82) is 0 Å². The van der Waals surface area contributed by atoms with Gasteiger partial charge in [-0.2, -0.15) is 15.4 Å². The van der Waals surface area contributed by atoms with Crippen molar-refractivity contribution in [3.05, 3.63) is 34.8 Å². The smallest absolute Gasteiger partial charge is 0.320 e. The van der Waals surface area contributed by atoms with Crippen molar-refractivity contribution in [2.45, 2.75) is 44.6 Å². The summed E-state index contributed by atoms with van der Waals surface area (Å²) in [5, 5.41) is 11.0. The van der Waals surface area contributed by atoms with Crippen molar-refractivity contribution in [1.82, 2.24) is 35.1 Å². The maximum atomic E-state index is 13.6. The highest BCUT2D eigenvalue weighted by Gasteiger charge is 2.44. The van der Waals surface area contributed by atoms with E-state index in [0.29, 0.717) is 81.0 Å². The van der Waals surface area contributed by atoms with E-state index in [-0.39, 0.29) is 11.9 Å². The van der Waals surface area contributed by atoms with E-state index in [1.54, 1.807) is 0 Å². The summed E-state index contributed by atoms with van der Waals surface area (Å²) in [6.07, 6.45) is 4.98. The molecule has 5 aliphatic rings. The number of nitrogens with zero attached hydrogens (tertiary/aromatic N) is 6. The van der Waals surface area contributed by atoms with Crippen LogP contribution in [-0.2, 0) is 17.7 Å². The lowest BCUT2D eigenvalue weighted by Gasteiger charge is -2.31. The molecule has 6 heterocycles. The minimum Gasteiger partial charge on any atom is -0.477 e. The molecule has 202 valence electrons. The van der Waals surface area contributed by atoms with Gasteiger partial charge in [-0.3, -0.25) is 4.79 Å². The van der Waals surface area contributed by atoms with E-state index in [1.165, 1.54) is 0 Å². The number of carbonyl (C=O) groups excluding carboxylic acids is 2. The van der Waals surface area contributed by atoms with Crippen LogP contribution in [0.5, 0.6) is 5.88 Å². The molecule has 2 aromatic heterocycles. The van der Waals surface area contributed by atoms with Gasteiger partial charge in [-0.1, -0.05) is 0 Å². The van der Waals surface area contributed by atoms with Crippen LogP contribution >= 0.6 is 0 Å². The fourth-order valence-corrected chi connectivity index (χ4v) is 6.39. The molecule has 2 aromatic rings. The van der Waals surface area contributed by atoms with E-state index in [4.69, 9.17) is 14.5 Å². The number of hydrogen-bond donors (Lipinski definition) is 1. The van der Waals surface area contributed by atoms with Crippen LogP contribution in [0.2, 0.25) is 0 Å². The molecule has 1 N–H and O–H groups in total. The lowest BCUT2D eigenvalue weighted by molar-refractivity contribution is 0.0490. The number of carbonyl (C=O) groups is 2. The minimum absolute atomic E-state index is 0.0482. The molecule has 0 bridgehead atoms. The number of ether oxygens (including phenoxy) is 2. The fraction of sp³-hybridized carbons (Fsp3) is 0.667. The van der Waals surface area contributed by atoms with Crippen molar-refractivity contribution in [2.24, 2.45) is 17.8 Å². The van der Waals surface area contributed by atoms with E-state index >= 15 is 0 Å². The summed E-state index contributed by atoms with van der Waals surface area (Å²) in [6, 6.07) is 3.87. The molecule has 4 aliphatic heterocycles. The van der Waals surface area contributed by atoms with Gasteiger partial charge >= 0.3 is 6.03 Å². The van der Waals surface area contributed by atoms with E-state index in [2.05, 4.69) is 15.4 Å². The second-order valence-electron chi connectivity index (χ2n) is 11.6. The third-order valence-corrected chi connectivity index (χ3v) is 8.85. The maximum Gasteiger partial charge on any atom is 0.320 e. The molecular formula is C27H35N7O4. The standard InChI is InChI=1S/C27H35N7O4/c35-26(19-9-23(18-1-2-18)28-25(10-19)38-16-17-4-7-37-8-5-17)33-11-20-13-34(14-21(20)12-33)27(36)32-6-3-22-24(15-32)30-31-29-22/h9-10,17-18,20-21H,1-8,11-16H2,(H,29,30,31). The molecule has 7 rings (SSSR count). The number of urea groups is 1. The number of amides is 3. The fourth-order valence-electron chi connectivity index (χ4n) is 6.39. The van der Waals surface area contributed by atoms with Gasteiger partial charge in [0.2, 0.25) is 5.88 Å². The van der Waals surface area contributed by atoms with Crippen molar-refractivity contribution in [3.63, 3.8) is 0 Å². The molecule has 3 amide bonds. The van der Waals surface area contributed by atoms with Gasteiger partial charge in [0.05, 0.1) is 18.8 Å². The lowest BCUT2D eigenvalue weighted by atomic mass is 10.0. The summed E-state index contributed by atoms with van der Waals surface area (Å²) in [4.78, 5) is 37.4. The molecule has 38 heavy (non-hydrogen) atoms. The lowest BCUT2D eigenvalue weighted by Crippen LogP contribution is -2.45. The molecular weight excluding hydrogens is 486 g/mol. The predicted octanol–water partition coefficient (Wildman–Crippen LogP) is 2.06. The second kappa shape index (κ2) is 9.83. The molecule has 11 heteroatoms. The summed E-state index contributed by atoms with van der Waals surface area (Å²) in [6.45, 7) is 6.11. The van der Waals surface area contributed by atoms with Gasteiger partial charge in [0.15, 0.2) is 0 Å². The first-order valence-corrected chi connectivity index (χ1v) is 14.0. The van der Waals surface area contributed by atoms with E-state index in [0.717, 1.165) is 62.4 Å². The van der Waals surface area contributed by atoms with Gasteiger partial charge in [-0.05, 0) is 37.7 Å². The van der Waals surface area contributed by atoms with Crippen molar-refractivity contribution >= 4 is 11.9 Å². The summed E-state index contributed by atoms with van der Waals surface area (Å²) >= 11 is 0. The number of fused-ring (bicyclic) bond motifs is 2. The Balaban J connectivity index is 0.980. The average Bonchev–Trinajstić information content (AvgIpc) is 3.37. The molecule has 11 nitrogen and oxygen atoms in total. The Morgan fingerprint density at radius 2 is 1.68 bits per heavy atom. The van der Waals surface area contributed by atoms with Crippen LogP contribution in [0.3, 0.4) is 0 Å². The summed E-state index contributed by atoms with van der Waals surface area (Å²) < 4.78 is 11.6. The molecule has 0 radical (unpaired) electrons. The Morgan fingerprint density at radius 3 is 2.45 bits per heavy atom. The highest BCUT2D eigenvalue weighted by molar-refractivity contribution is 5.95. The Labute approximate surface area is 221 Å². The number of aromatic amines is 1. The highest BCUT2D eigenvalue weighted by atomic mass is 16.5. The van der Waals surface area contributed by atoms with Gasteiger partial charge in [0.25, 0.3) is 5.91 Å². The molecule has 0 aromatic carbocycles. The van der Waals surface area contributed by atoms with Crippen molar-refractivity contribution in [2.75, 3.05) is 52.5 Å². The Kier molecular flexibility index (Phi) is 6.18. The number of likely N-dealkylation sites (tertiary alicyclic amines) is 2. The molecule has 1 saturated carbocycles. The second-order valence-corrected chi connectivity index (χ2v) is 11.6. The van der Waals surface area contributed by atoms with Crippen LogP contribution in [0.25, 0.3) is 0 Å². The highest BCUT2D eigenvalue weighted by Crippen LogP contribution is 2.40. The predicted molar refractivity (Wildman–Crippen MR) is 136 cm³/mol. The number of nitrogens with one attached hydrogen (secondary N) is 1. The number of hydrogen-bond acceptors (Lipinski definition) is 7. The largest absolute Gasteiger partial charge is 0.477 e. The van der Waals surface area contributed by atoms with Crippen LogP contribution < -0.4 is 4.74 Å². The van der Waals surface area contributed by atoms with Crippen LogP contribution in [0.1, 0.15) is 59.0 Å². The first-order valence-electron chi connectivity index (χ1n) is 14.0. The molecule has 4 fully saturated rings. The van der Waals surface area contributed by atoms with Crippen LogP contribution in [0.4, 0.5) is 4.79 Å². The van der Waals surface area contributed by atoms with E-state index < -0.39 is 0 Å². The normalized spacial score (nSPS) is 25.4. The monoisotopic (exact) mass is 521 g/mol. The van der Waals surface area contributed by atoms with Gasteiger partial charge in [-0.25, -0.2) is 9.78 Å². The Hall–Kier alpha value is -3.21. The third kappa shape index (κ3) is 4.72. The van der Waals surface area contributed by atoms with Gasteiger partial charge in [0.1, 0.15) is 5.69 Å². The summed E-state index contributed by atoms with van der Waals surface area (Å²) in [5.41, 5.74) is 3.47. The van der Waals surface area contributed by atoms with Crippen molar-refractivity contribution in [3.8, 4) is 5.88 Å². The molecule has 1 aliphatic carbocycles. The first-order chi connectivity index (χ1) is 18.6. The SMILES string of the molecule is O=C(c1cc(OCC2CCOCC2)nc(C2CC2)c1)N1CC2CN(C(=O)N3CCc4n[nH]nc4C3)CC2C1. The van der Waals surface area contributed by atoms with Gasteiger partial charge in [-0.15, -0.1) is 0 Å². The maximum absolute atomic E-state index is 13.6. The van der Waals surface area contributed by atoms with Gasteiger partial charge in [0, 0.05) is 87.4 Å². The molecule has 2 atom stereocenters. The first kappa shape index (κ1) is 23.9. The zero-order valence-corrected chi connectivity index (χ0v) is 21.7. The van der Waals surface area contributed by atoms with E-state index in [1.807, 2.05) is 26.8 Å². The Morgan fingerprint density at radius 1 is 0.947 bits per heavy atom. The summed E-state index contributed by atoms with van der Waals surface area (Å²) in [7, 11) is 0. The molecule has 2 unspecified atom stereocenters. The summed E-state index contributed by atoms with van der Waals surface area (Å²) in [5.74, 6) is 2.15. The Bertz CT molecular complexity index is 1190. The van der Waals surface area contributed by atoms with Crippen LogP contribution in [0.15, 0.2) is 12.1 Å². The van der Waals surface area contributed by atoms with Crippen molar-refractivity contribution < 1.29 is 19.1 Å².